The molecule has 1 atom stereocenters. The van der Waals surface area contributed by atoms with Gasteiger partial charge < -0.3 is 11.1 Å². The van der Waals surface area contributed by atoms with Gasteiger partial charge in [0.1, 0.15) is 5.82 Å². The molecular weight excluding hydrogens is 232 g/mol. The maximum Gasteiger partial charge on any atom is 0.148 e. The predicted molar refractivity (Wildman–Crippen MR) is 77.8 cm³/mol. The third-order valence-corrected chi connectivity index (χ3v) is 3.76. The van der Waals surface area contributed by atoms with Crippen LogP contribution in [0.1, 0.15) is 39.3 Å². The Morgan fingerprint density at radius 3 is 2.53 bits per heavy atom. The molecule has 1 heterocycles. The topological polar surface area (TPSA) is 55.9 Å². The van der Waals surface area contributed by atoms with Crippen LogP contribution < -0.4 is 11.1 Å². The highest BCUT2D eigenvalue weighted by atomic mass is 32.2. The number of nitrogen functional groups attached to an aromatic ring is 1. The van der Waals surface area contributed by atoms with E-state index in [4.69, 9.17) is 5.73 Å². The van der Waals surface area contributed by atoms with Crippen LogP contribution in [0.5, 0.6) is 0 Å². The molecule has 0 spiro atoms. The maximum atomic E-state index is 6.13. The lowest BCUT2D eigenvalue weighted by molar-refractivity contribution is 0.710. The highest BCUT2D eigenvalue weighted by Gasteiger charge is 2.16. The highest BCUT2D eigenvalue weighted by Crippen LogP contribution is 2.28. The summed E-state index contributed by atoms with van der Waals surface area (Å²) < 4.78 is 1.85. The molecule has 1 aromatic heterocycles. The van der Waals surface area contributed by atoms with Gasteiger partial charge in [0.2, 0.25) is 0 Å². The molecule has 0 fully saturated rings. The van der Waals surface area contributed by atoms with Gasteiger partial charge in [-0.3, -0.25) is 4.68 Å². The SMILES string of the molecule is CCSCC(C)Nc1c(N)c(C(C)C)nn1C. The number of nitrogens with two attached hydrogens (primary N) is 1. The molecule has 3 N–H and O–H groups in total. The molecule has 0 saturated heterocycles. The summed E-state index contributed by atoms with van der Waals surface area (Å²) in [5.74, 6) is 3.53. The molecule has 0 aliphatic heterocycles. The van der Waals surface area contributed by atoms with Crippen molar-refractivity contribution in [1.29, 1.82) is 0 Å². The van der Waals surface area contributed by atoms with Gasteiger partial charge in [-0.1, -0.05) is 20.8 Å². The third-order valence-electron chi connectivity index (χ3n) is 2.61. The van der Waals surface area contributed by atoms with Crippen LogP contribution in [0.15, 0.2) is 0 Å². The Hall–Kier alpha value is -0.840. The van der Waals surface area contributed by atoms with Crippen molar-refractivity contribution in [2.45, 2.75) is 39.7 Å². The van der Waals surface area contributed by atoms with Crippen LogP contribution in [0, 0.1) is 0 Å². The number of anilines is 2. The summed E-state index contributed by atoms with van der Waals surface area (Å²) in [6.07, 6.45) is 0. The molecule has 0 saturated carbocycles. The van der Waals surface area contributed by atoms with Crippen LogP contribution in [-0.2, 0) is 7.05 Å². The molecule has 4 nitrogen and oxygen atoms in total. The Morgan fingerprint density at radius 1 is 1.41 bits per heavy atom. The molecule has 0 amide bonds. The Balaban J connectivity index is 2.77. The van der Waals surface area contributed by atoms with Crippen molar-refractivity contribution in [2.24, 2.45) is 7.05 Å². The lowest BCUT2D eigenvalue weighted by Gasteiger charge is -2.15. The van der Waals surface area contributed by atoms with E-state index in [9.17, 15) is 0 Å². The zero-order valence-corrected chi connectivity index (χ0v) is 12.3. The smallest absolute Gasteiger partial charge is 0.148 e. The second kappa shape index (κ2) is 6.19. The summed E-state index contributed by atoms with van der Waals surface area (Å²) in [5, 5.41) is 7.91. The van der Waals surface area contributed by atoms with E-state index in [0.29, 0.717) is 12.0 Å². The fourth-order valence-corrected chi connectivity index (χ4v) is 2.40. The Kier molecular flexibility index (Phi) is 5.18. The lowest BCUT2D eigenvalue weighted by Crippen LogP contribution is -2.20. The van der Waals surface area contributed by atoms with Gasteiger partial charge in [0.05, 0.1) is 11.4 Å². The Bertz CT molecular complexity index is 360. The van der Waals surface area contributed by atoms with Gasteiger partial charge in [0.25, 0.3) is 0 Å². The van der Waals surface area contributed by atoms with Crippen LogP contribution >= 0.6 is 11.8 Å². The van der Waals surface area contributed by atoms with Gasteiger partial charge in [-0.05, 0) is 18.6 Å². The summed E-state index contributed by atoms with van der Waals surface area (Å²) in [4.78, 5) is 0. The molecule has 0 radical (unpaired) electrons. The lowest BCUT2D eigenvalue weighted by atomic mass is 10.1. The fraction of sp³-hybridized carbons (Fsp3) is 0.750. The summed E-state index contributed by atoms with van der Waals surface area (Å²) in [7, 11) is 1.93. The molecule has 17 heavy (non-hydrogen) atoms. The van der Waals surface area contributed by atoms with Crippen LogP contribution in [0.25, 0.3) is 0 Å². The second-order valence-electron chi connectivity index (χ2n) is 4.63. The summed E-state index contributed by atoms with van der Waals surface area (Å²) >= 11 is 1.93. The van der Waals surface area contributed by atoms with E-state index < -0.39 is 0 Å². The summed E-state index contributed by atoms with van der Waals surface area (Å²) in [6, 6.07) is 0.401. The normalized spacial score (nSPS) is 13.1. The number of aromatic nitrogens is 2. The van der Waals surface area contributed by atoms with Crippen molar-refractivity contribution in [1.82, 2.24) is 9.78 Å². The minimum atomic E-state index is 0.358. The molecule has 5 heteroatoms. The number of hydrogen-bond donors (Lipinski definition) is 2. The minimum Gasteiger partial charge on any atom is -0.394 e. The number of rotatable bonds is 6. The Labute approximate surface area is 108 Å². The van der Waals surface area contributed by atoms with Gasteiger partial charge in [0.15, 0.2) is 0 Å². The predicted octanol–water partition coefficient (Wildman–Crippen LogP) is 2.68. The van der Waals surface area contributed by atoms with E-state index in [-0.39, 0.29) is 0 Å². The number of nitrogens with one attached hydrogen (secondary N) is 1. The molecule has 0 bridgehead atoms. The van der Waals surface area contributed by atoms with Crippen molar-refractivity contribution < 1.29 is 0 Å². The van der Waals surface area contributed by atoms with Crippen molar-refractivity contribution in [3.63, 3.8) is 0 Å². The van der Waals surface area contributed by atoms with Gasteiger partial charge in [-0.2, -0.15) is 16.9 Å². The largest absolute Gasteiger partial charge is 0.394 e. The molecule has 1 aromatic rings. The average Bonchev–Trinajstić information content (AvgIpc) is 2.54. The first-order chi connectivity index (χ1) is 7.97. The van der Waals surface area contributed by atoms with Crippen molar-refractivity contribution >= 4 is 23.3 Å². The molecule has 0 aromatic carbocycles. The van der Waals surface area contributed by atoms with Crippen LogP contribution in [0.3, 0.4) is 0 Å². The van der Waals surface area contributed by atoms with Gasteiger partial charge in [-0.25, -0.2) is 0 Å². The average molecular weight is 256 g/mol. The first-order valence-electron chi connectivity index (χ1n) is 6.14. The number of thioether (sulfide) groups is 1. The van der Waals surface area contributed by atoms with Crippen molar-refractivity contribution in [2.75, 3.05) is 22.6 Å². The Morgan fingerprint density at radius 2 is 2.06 bits per heavy atom. The number of nitrogens with zero attached hydrogens (tertiary/aromatic N) is 2. The second-order valence-corrected chi connectivity index (χ2v) is 5.95. The molecule has 98 valence electrons. The highest BCUT2D eigenvalue weighted by molar-refractivity contribution is 7.99. The zero-order chi connectivity index (χ0) is 13.0. The monoisotopic (exact) mass is 256 g/mol. The van der Waals surface area contributed by atoms with Crippen LogP contribution in [0.2, 0.25) is 0 Å². The van der Waals surface area contributed by atoms with E-state index >= 15 is 0 Å². The van der Waals surface area contributed by atoms with Gasteiger partial charge >= 0.3 is 0 Å². The van der Waals surface area contributed by atoms with Crippen molar-refractivity contribution in [3.8, 4) is 0 Å². The van der Waals surface area contributed by atoms with E-state index in [0.717, 1.165) is 28.7 Å². The summed E-state index contributed by atoms with van der Waals surface area (Å²) in [6.45, 7) is 8.56. The molecule has 1 unspecified atom stereocenters. The number of aryl methyl sites for hydroxylation is 1. The number of hydrogen-bond acceptors (Lipinski definition) is 4. The standard InChI is InChI=1S/C12H24N4S/c1-6-17-7-9(4)14-12-10(13)11(8(2)3)15-16(12)5/h8-9,14H,6-7,13H2,1-5H3. The maximum absolute atomic E-state index is 6.13. The summed E-state index contributed by atoms with van der Waals surface area (Å²) in [5.41, 5.74) is 7.89. The molecule has 0 aliphatic carbocycles. The first kappa shape index (κ1) is 14.2. The minimum absolute atomic E-state index is 0.358. The van der Waals surface area contributed by atoms with Gasteiger partial charge in [0, 0.05) is 18.8 Å². The van der Waals surface area contributed by atoms with Crippen LogP contribution in [0.4, 0.5) is 11.5 Å². The third kappa shape index (κ3) is 3.56. The first-order valence-corrected chi connectivity index (χ1v) is 7.29. The van der Waals surface area contributed by atoms with Crippen molar-refractivity contribution in [3.05, 3.63) is 5.69 Å². The van der Waals surface area contributed by atoms with Gasteiger partial charge in [-0.15, -0.1) is 0 Å². The van der Waals surface area contributed by atoms with E-state index in [1.807, 2.05) is 23.5 Å². The fourth-order valence-electron chi connectivity index (χ4n) is 1.73. The molecular formula is C12H24N4S. The quantitative estimate of drug-likeness (QED) is 0.821. The molecule has 0 aliphatic rings. The van der Waals surface area contributed by atoms with E-state index in [2.05, 4.69) is 38.1 Å². The van der Waals surface area contributed by atoms with E-state index in [1.165, 1.54) is 0 Å². The van der Waals surface area contributed by atoms with Crippen LogP contribution in [-0.4, -0.2) is 27.3 Å². The molecule has 1 rings (SSSR count). The zero-order valence-electron chi connectivity index (χ0n) is 11.4. The van der Waals surface area contributed by atoms with E-state index in [1.54, 1.807) is 0 Å².